The van der Waals surface area contributed by atoms with Gasteiger partial charge in [-0.15, -0.1) is 6.58 Å². The third kappa shape index (κ3) is 6.69. The maximum atomic E-state index is 13.0. The van der Waals surface area contributed by atoms with Crippen LogP contribution in [-0.2, 0) is 20.8 Å². The van der Waals surface area contributed by atoms with E-state index in [1.54, 1.807) is 0 Å². The van der Waals surface area contributed by atoms with Crippen molar-refractivity contribution in [2.24, 2.45) is 17.1 Å². The molecule has 0 saturated heterocycles. The van der Waals surface area contributed by atoms with Crippen LogP contribution in [0.5, 0.6) is 0 Å². The van der Waals surface area contributed by atoms with Crippen LogP contribution < -0.4 is 16.4 Å². The van der Waals surface area contributed by atoms with Crippen LogP contribution in [0.3, 0.4) is 0 Å². The molecule has 0 aromatic heterocycles. The molecule has 2 aromatic rings. The van der Waals surface area contributed by atoms with Gasteiger partial charge in [0.25, 0.3) is 0 Å². The molecule has 1 aliphatic rings. The summed E-state index contributed by atoms with van der Waals surface area (Å²) in [4.78, 5) is 37.6. The summed E-state index contributed by atoms with van der Waals surface area (Å²) in [5.74, 6) is -1.04. The van der Waals surface area contributed by atoms with E-state index in [2.05, 4.69) is 41.5 Å². The topological polar surface area (TPSA) is 101 Å². The van der Waals surface area contributed by atoms with E-state index in [1.807, 2.05) is 31.2 Å². The largest absolute Gasteiger partial charge is 0.370 e. The normalized spacial score (nSPS) is 16.9. The average Bonchev–Trinajstić information content (AvgIpc) is 2.82. The molecule has 0 spiro atoms. The maximum Gasteiger partial charge on any atom is 0.243 e. The minimum atomic E-state index is -0.967. The Morgan fingerprint density at radius 1 is 1.09 bits per heavy atom. The van der Waals surface area contributed by atoms with Gasteiger partial charge in [-0.25, -0.2) is 0 Å². The number of nitrogens with one attached hydrogen (secondary N) is 2. The molecule has 1 fully saturated rings. The molecule has 0 heterocycles. The van der Waals surface area contributed by atoms with Crippen molar-refractivity contribution < 1.29 is 14.4 Å². The first-order valence-corrected chi connectivity index (χ1v) is 12.3. The molecule has 4 N–H and O–H groups in total. The van der Waals surface area contributed by atoms with Gasteiger partial charge >= 0.3 is 0 Å². The number of carbonyl (C=O) groups excluding carboxylic acids is 3. The third-order valence-electron chi connectivity index (χ3n) is 6.99. The summed E-state index contributed by atoms with van der Waals surface area (Å²) in [6.07, 6.45) is 7.83. The minimum absolute atomic E-state index is 0.132. The molecule has 0 aliphatic heterocycles. The fourth-order valence-electron chi connectivity index (χ4n) is 4.93. The van der Waals surface area contributed by atoms with Gasteiger partial charge < -0.3 is 16.4 Å². The summed E-state index contributed by atoms with van der Waals surface area (Å²) in [5.41, 5.74) is 6.10. The van der Waals surface area contributed by atoms with Crippen molar-refractivity contribution in [1.29, 1.82) is 0 Å². The highest BCUT2D eigenvalue weighted by molar-refractivity contribution is 5.93. The predicted octanol–water partition coefficient (Wildman–Crippen LogP) is 4.02. The highest BCUT2D eigenvalue weighted by atomic mass is 16.2. The number of primary amides is 1. The van der Waals surface area contributed by atoms with Gasteiger partial charge in [0.05, 0.1) is 6.42 Å². The van der Waals surface area contributed by atoms with Crippen LogP contribution in [0.1, 0.15) is 57.4 Å². The van der Waals surface area contributed by atoms with Gasteiger partial charge in [0, 0.05) is 12.0 Å². The molecular formula is C28H37N3O3. The van der Waals surface area contributed by atoms with E-state index in [0.717, 1.165) is 44.9 Å². The fourth-order valence-corrected chi connectivity index (χ4v) is 4.93. The number of hydrogen-bond donors (Lipinski definition) is 3. The quantitative estimate of drug-likeness (QED) is 0.439. The minimum Gasteiger partial charge on any atom is -0.370 e. The van der Waals surface area contributed by atoms with E-state index >= 15 is 0 Å². The SMILES string of the molecule is C=CC[C@H](CNC(=O)[C@H](CC(N)=O)NC(=O)C1(C)CCCCC1)Cc1cccc2ccccc12. The first-order chi connectivity index (χ1) is 16.3. The molecule has 3 rings (SSSR count). The van der Waals surface area contributed by atoms with Gasteiger partial charge in [0.1, 0.15) is 6.04 Å². The van der Waals surface area contributed by atoms with Crippen LogP contribution >= 0.6 is 0 Å². The Kier molecular flexibility index (Phi) is 8.85. The Hall–Kier alpha value is -3.15. The lowest BCUT2D eigenvalue weighted by molar-refractivity contribution is -0.137. The fraction of sp³-hybridized carbons (Fsp3) is 0.464. The zero-order valence-corrected chi connectivity index (χ0v) is 20.1. The second-order valence-electron chi connectivity index (χ2n) is 9.80. The summed E-state index contributed by atoms with van der Waals surface area (Å²) in [6.45, 7) is 6.22. The highest BCUT2D eigenvalue weighted by Gasteiger charge is 2.37. The summed E-state index contributed by atoms with van der Waals surface area (Å²) in [7, 11) is 0. The number of carbonyl (C=O) groups is 3. The van der Waals surface area contributed by atoms with E-state index in [1.165, 1.54) is 16.3 Å². The second kappa shape index (κ2) is 11.8. The Balaban J connectivity index is 1.66. The van der Waals surface area contributed by atoms with Gasteiger partial charge in [-0.05, 0) is 47.9 Å². The molecular weight excluding hydrogens is 426 g/mol. The van der Waals surface area contributed by atoms with Gasteiger partial charge in [-0.1, -0.05) is 74.7 Å². The average molecular weight is 464 g/mol. The summed E-state index contributed by atoms with van der Waals surface area (Å²) >= 11 is 0. The molecule has 1 aliphatic carbocycles. The summed E-state index contributed by atoms with van der Waals surface area (Å²) < 4.78 is 0. The first kappa shape index (κ1) is 25.5. The number of rotatable bonds is 11. The number of amides is 3. The second-order valence-corrected chi connectivity index (χ2v) is 9.80. The number of fused-ring (bicyclic) bond motifs is 1. The molecule has 2 aromatic carbocycles. The molecule has 34 heavy (non-hydrogen) atoms. The van der Waals surface area contributed by atoms with Crippen LogP contribution in [0.15, 0.2) is 55.1 Å². The number of benzene rings is 2. The van der Waals surface area contributed by atoms with E-state index in [0.29, 0.717) is 6.54 Å². The number of allylic oxidation sites excluding steroid dienone is 1. The zero-order valence-electron chi connectivity index (χ0n) is 20.1. The van der Waals surface area contributed by atoms with E-state index in [9.17, 15) is 14.4 Å². The van der Waals surface area contributed by atoms with Crippen molar-refractivity contribution in [2.75, 3.05) is 6.54 Å². The van der Waals surface area contributed by atoms with Gasteiger partial charge in [-0.3, -0.25) is 14.4 Å². The van der Waals surface area contributed by atoms with Gasteiger partial charge in [-0.2, -0.15) is 0 Å². The monoisotopic (exact) mass is 463 g/mol. The molecule has 6 heteroatoms. The molecule has 182 valence electrons. The Bertz CT molecular complexity index is 1020. The smallest absolute Gasteiger partial charge is 0.243 e. The molecule has 6 nitrogen and oxygen atoms in total. The predicted molar refractivity (Wildman–Crippen MR) is 136 cm³/mol. The lowest BCUT2D eigenvalue weighted by atomic mass is 9.75. The molecule has 0 unspecified atom stereocenters. The lowest BCUT2D eigenvalue weighted by Gasteiger charge is -2.33. The Morgan fingerprint density at radius 2 is 1.79 bits per heavy atom. The molecule has 2 atom stereocenters. The van der Waals surface area contributed by atoms with Crippen molar-refractivity contribution in [3.8, 4) is 0 Å². The van der Waals surface area contributed by atoms with Crippen LogP contribution in [-0.4, -0.2) is 30.3 Å². The van der Waals surface area contributed by atoms with Crippen molar-refractivity contribution in [3.05, 3.63) is 60.7 Å². The Morgan fingerprint density at radius 3 is 2.50 bits per heavy atom. The van der Waals surface area contributed by atoms with E-state index in [-0.39, 0.29) is 24.2 Å². The van der Waals surface area contributed by atoms with Crippen LogP contribution in [0, 0.1) is 11.3 Å². The molecule has 3 amide bonds. The van der Waals surface area contributed by atoms with Crippen LogP contribution in [0.2, 0.25) is 0 Å². The lowest BCUT2D eigenvalue weighted by Crippen LogP contribution is -2.53. The van der Waals surface area contributed by atoms with Crippen LogP contribution in [0.4, 0.5) is 0 Å². The summed E-state index contributed by atoms with van der Waals surface area (Å²) in [6, 6.07) is 13.5. The zero-order chi connectivity index (χ0) is 24.6. The maximum absolute atomic E-state index is 13.0. The van der Waals surface area contributed by atoms with Crippen molar-refractivity contribution in [3.63, 3.8) is 0 Å². The summed E-state index contributed by atoms with van der Waals surface area (Å²) in [5, 5.41) is 8.15. The third-order valence-corrected chi connectivity index (χ3v) is 6.99. The molecule has 0 bridgehead atoms. The van der Waals surface area contributed by atoms with Gasteiger partial charge in [0.2, 0.25) is 17.7 Å². The Labute approximate surface area is 202 Å². The first-order valence-electron chi connectivity index (χ1n) is 12.3. The van der Waals surface area contributed by atoms with Crippen LogP contribution in [0.25, 0.3) is 10.8 Å². The standard InChI is InChI=1S/C28H37N3O3/c1-3-10-20(17-22-13-9-12-21-11-5-6-14-23(21)22)19-30-26(33)24(18-25(29)32)31-27(34)28(2)15-7-4-8-16-28/h3,5-6,9,11-14,20,24H,1,4,7-8,10,15-19H2,2H3,(H2,29,32)(H,30,33)(H,31,34)/t20-,24-/m0/s1. The van der Waals surface area contributed by atoms with E-state index < -0.39 is 17.4 Å². The van der Waals surface area contributed by atoms with Crippen molar-refractivity contribution in [2.45, 2.75) is 64.3 Å². The van der Waals surface area contributed by atoms with Crippen molar-refractivity contribution in [1.82, 2.24) is 10.6 Å². The molecule has 0 radical (unpaired) electrons. The van der Waals surface area contributed by atoms with E-state index in [4.69, 9.17) is 5.73 Å². The highest BCUT2D eigenvalue weighted by Crippen LogP contribution is 2.36. The number of hydrogen-bond acceptors (Lipinski definition) is 3. The van der Waals surface area contributed by atoms with Gasteiger partial charge in [0.15, 0.2) is 0 Å². The number of nitrogens with two attached hydrogens (primary N) is 1. The molecule has 1 saturated carbocycles. The van der Waals surface area contributed by atoms with Crippen molar-refractivity contribution >= 4 is 28.5 Å².